The van der Waals surface area contributed by atoms with Gasteiger partial charge in [0.2, 0.25) is 0 Å². The van der Waals surface area contributed by atoms with Crippen LogP contribution in [-0.2, 0) is 6.54 Å². The van der Waals surface area contributed by atoms with Crippen LogP contribution in [0.1, 0.15) is 47.2 Å². The number of aromatic hydroxyl groups is 1. The van der Waals surface area contributed by atoms with Gasteiger partial charge in [0.05, 0.1) is 40.1 Å². The molecule has 1 saturated heterocycles. The van der Waals surface area contributed by atoms with Crippen LogP contribution in [0.15, 0.2) is 84.2 Å². The minimum absolute atomic E-state index is 0.0533. The molecule has 1 aliphatic heterocycles. The van der Waals surface area contributed by atoms with Crippen LogP contribution in [0.25, 0.3) is 23.1 Å². The van der Waals surface area contributed by atoms with Gasteiger partial charge in [-0.15, -0.1) is 0 Å². The number of nitrogens with one attached hydrogen (secondary N) is 2. The first-order chi connectivity index (χ1) is 20.0. The normalized spacial score (nSPS) is 14.7. The van der Waals surface area contributed by atoms with Gasteiger partial charge in [0.25, 0.3) is 5.69 Å². The molecule has 1 fully saturated rings. The number of hydrogen-bond donors (Lipinski definition) is 3. The first-order valence-corrected chi connectivity index (χ1v) is 13.7. The number of aliphatic imine (C=N–C) groups is 1. The number of piperidine rings is 1. The highest BCUT2D eigenvalue weighted by molar-refractivity contribution is 6.22. The van der Waals surface area contributed by atoms with Gasteiger partial charge >= 0.3 is 0 Å². The summed E-state index contributed by atoms with van der Waals surface area (Å²) < 4.78 is 0. The molecular formula is C32H30N6O3. The summed E-state index contributed by atoms with van der Waals surface area (Å²) in [7, 11) is 0. The number of imidazole rings is 1. The molecule has 9 nitrogen and oxygen atoms in total. The van der Waals surface area contributed by atoms with E-state index in [1.54, 1.807) is 18.6 Å². The van der Waals surface area contributed by atoms with Gasteiger partial charge in [0.15, 0.2) is 5.88 Å². The van der Waals surface area contributed by atoms with E-state index < -0.39 is 4.92 Å². The highest BCUT2D eigenvalue weighted by atomic mass is 16.6. The van der Waals surface area contributed by atoms with E-state index in [0.717, 1.165) is 36.5 Å². The minimum Gasteiger partial charge on any atom is -0.494 e. The van der Waals surface area contributed by atoms with E-state index >= 15 is 0 Å². The summed E-state index contributed by atoms with van der Waals surface area (Å²) in [6.45, 7) is 3.12. The van der Waals surface area contributed by atoms with Crippen molar-refractivity contribution in [1.82, 2.24) is 19.9 Å². The lowest BCUT2D eigenvalue weighted by atomic mass is 9.99. The Morgan fingerprint density at radius 3 is 2.51 bits per heavy atom. The smallest absolute Gasteiger partial charge is 0.270 e. The highest BCUT2D eigenvalue weighted by Gasteiger charge is 2.21. The maximum atomic E-state index is 11.5. The van der Waals surface area contributed by atoms with Crippen molar-refractivity contribution in [1.29, 1.82) is 0 Å². The second-order valence-electron chi connectivity index (χ2n) is 10.3. The number of aromatic amines is 2. The summed E-state index contributed by atoms with van der Waals surface area (Å²) in [5.41, 5.74) is 6.10. The van der Waals surface area contributed by atoms with E-state index in [-0.39, 0.29) is 11.6 Å². The van der Waals surface area contributed by atoms with Gasteiger partial charge < -0.3 is 15.1 Å². The third-order valence-corrected chi connectivity index (χ3v) is 7.40. The highest BCUT2D eigenvalue weighted by Crippen LogP contribution is 2.34. The molecule has 206 valence electrons. The van der Waals surface area contributed by atoms with Crippen molar-refractivity contribution in [2.45, 2.75) is 25.8 Å². The average molecular weight is 547 g/mol. The maximum absolute atomic E-state index is 11.5. The molecule has 2 aromatic heterocycles. The molecule has 3 N–H and O–H groups in total. The SMILES string of the molecule is O=[N+]([O-])c1ccc2[nH]c(O)c(C(=Nc3ccc(C=Cc4cnc[nH]4)cc3)c3ccc(CN4CCCCC4)cc3)c2c1. The van der Waals surface area contributed by atoms with Crippen molar-refractivity contribution in [2.75, 3.05) is 13.1 Å². The Balaban J connectivity index is 1.39. The van der Waals surface area contributed by atoms with E-state index in [9.17, 15) is 15.2 Å². The molecule has 0 amide bonds. The number of fused-ring (bicyclic) bond motifs is 1. The Hall–Kier alpha value is -5.02. The summed E-state index contributed by atoms with van der Waals surface area (Å²) in [4.78, 5) is 28.6. The molecule has 3 heterocycles. The van der Waals surface area contributed by atoms with Gasteiger partial charge in [-0.3, -0.25) is 15.0 Å². The standard InChI is InChI=1S/C32H30N6O3/c39-32-30(28-18-27(38(40)41)14-15-29(28)36-32)31(24-9-4-23(5-10-24)20-37-16-2-1-3-17-37)35-25-11-6-22(7-12-25)8-13-26-19-33-21-34-26/h4-15,18-19,21,36,39H,1-3,16-17,20H2,(H,33,34). The number of nitro benzene ring substituents is 1. The van der Waals surface area contributed by atoms with Gasteiger partial charge in [-0.25, -0.2) is 9.98 Å². The van der Waals surface area contributed by atoms with Gasteiger partial charge in [0.1, 0.15) is 0 Å². The quantitative estimate of drug-likeness (QED) is 0.112. The van der Waals surface area contributed by atoms with Crippen LogP contribution in [0.3, 0.4) is 0 Å². The van der Waals surface area contributed by atoms with Crippen molar-refractivity contribution in [3.05, 3.63) is 117 Å². The Morgan fingerprint density at radius 2 is 1.80 bits per heavy atom. The largest absolute Gasteiger partial charge is 0.494 e. The minimum atomic E-state index is -0.436. The number of benzene rings is 3. The molecule has 0 bridgehead atoms. The van der Waals surface area contributed by atoms with Crippen molar-refractivity contribution in [3.63, 3.8) is 0 Å². The molecule has 0 saturated carbocycles. The zero-order valence-electron chi connectivity index (χ0n) is 22.5. The molecule has 5 aromatic rings. The fraction of sp³-hybridized carbons (Fsp3) is 0.188. The molecule has 9 heteroatoms. The Bertz CT molecular complexity index is 1710. The fourth-order valence-electron chi connectivity index (χ4n) is 5.26. The number of likely N-dealkylation sites (tertiary alicyclic amines) is 1. The van der Waals surface area contributed by atoms with Crippen molar-refractivity contribution in [3.8, 4) is 5.88 Å². The van der Waals surface area contributed by atoms with Crippen molar-refractivity contribution in [2.24, 2.45) is 4.99 Å². The van der Waals surface area contributed by atoms with Crippen LogP contribution in [0.2, 0.25) is 0 Å². The van der Waals surface area contributed by atoms with Crippen LogP contribution in [0.4, 0.5) is 11.4 Å². The van der Waals surface area contributed by atoms with Gasteiger partial charge in [-0.1, -0.05) is 48.9 Å². The third kappa shape index (κ3) is 5.95. The second kappa shape index (κ2) is 11.6. The number of hydrogen-bond acceptors (Lipinski definition) is 6. The maximum Gasteiger partial charge on any atom is 0.270 e. The first-order valence-electron chi connectivity index (χ1n) is 13.7. The molecule has 0 atom stereocenters. The monoisotopic (exact) mass is 546 g/mol. The van der Waals surface area contributed by atoms with Crippen molar-refractivity contribution >= 4 is 40.1 Å². The van der Waals surface area contributed by atoms with E-state index in [1.165, 1.54) is 37.0 Å². The third-order valence-electron chi connectivity index (χ3n) is 7.40. The van der Waals surface area contributed by atoms with Gasteiger partial charge in [-0.2, -0.15) is 0 Å². The first kappa shape index (κ1) is 26.2. The number of nitro groups is 1. The molecule has 0 aliphatic carbocycles. The van der Waals surface area contributed by atoms with E-state index in [2.05, 4.69) is 32.0 Å². The topological polar surface area (TPSA) is 123 Å². The molecule has 3 aromatic carbocycles. The van der Waals surface area contributed by atoms with Gasteiger partial charge in [0, 0.05) is 35.1 Å². The fourth-order valence-corrected chi connectivity index (χ4v) is 5.26. The van der Waals surface area contributed by atoms with E-state index in [4.69, 9.17) is 4.99 Å². The summed E-state index contributed by atoms with van der Waals surface area (Å²) >= 11 is 0. The second-order valence-corrected chi connectivity index (χ2v) is 10.3. The zero-order valence-corrected chi connectivity index (χ0v) is 22.5. The molecule has 6 rings (SSSR count). The molecule has 41 heavy (non-hydrogen) atoms. The number of nitrogens with zero attached hydrogens (tertiary/aromatic N) is 4. The zero-order chi connectivity index (χ0) is 28.2. The van der Waals surface area contributed by atoms with E-state index in [1.807, 2.05) is 48.6 Å². The van der Waals surface area contributed by atoms with Crippen LogP contribution >= 0.6 is 0 Å². The molecule has 0 spiro atoms. The number of H-pyrrole nitrogens is 2. The summed E-state index contributed by atoms with van der Waals surface area (Å²) in [6.07, 6.45) is 11.1. The number of aromatic nitrogens is 3. The Kier molecular flexibility index (Phi) is 7.42. The molecule has 1 aliphatic rings. The summed E-state index contributed by atoms with van der Waals surface area (Å²) in [5, 5.41) is 23.1. The molecule has 0 unspecified atom stereocenters. The molecular weight excluding hydrogens is 516 g/mol. The summed E-state index contributed by atoms with van der Waals surface area (Å²) in [5.74, 6) is -0.0873. The van der Waals surface area contributed by atoms with Crippen LogP contribution in [-0.4, -0.2) is 48.7 Å². The van der Waals surface area contributed by atoms with E-state index in [0.29, 0.717) is 27.9 Å². The lowest BCUT2D eigenvalue weighted by molar-refractivity contribution is -0.384. The van der Waals surface area contributed by atoms with Crippen LogP contribution in [0, 0.1) is 10.1 Å². The van der Waals surface area contributed by atoms with Crippen LogP contribution < -0.4 is 0 Å². The lowest BCUT2D eigenvalue weighted by Crippen LogP contribution is -2.29. The predicted octanol–water partition coefficient (Wildman–Crippen LogP) is 6.83. The van der Waals surface area contributed by atoms with Crippen molar-refractivity contribution < 1.29 is 10.0 Å². The Labute approximate surface area is 237 Å². The predicted molar refractivity (Wildman–Crippen MR) is 161 cm³/mol. The van der Waals surface area contributed by atoms with Gasteiger partial charge in [-0.05, 0) is 61.3 Å². The molecule has 0 radical (unpaired) electrons. The number of rotatable bonds is 8. The average Bonchev–Trinajstić information content (AvgIpc) is 3.63. The van der Waals surface area contributed by atoms with Crippen LogP contribution in [0.5, 0.6) is 5.88 Å². The lowest BCUT2D eigenvalue weighted by Gasteiger charge is -2.26. The number of non-ortho nitro benzene ring substituents is 1. The Morgan fingerprint density at radius 1 is 1.02 bits per heavy atom. The summed E-state index contributed by atoms with van der Waals surface area (Å²) in [6, 6.07) is 20.5.